The smallest absolute Gasteiger partial charge is 0.152 e. The van der Waals surface area contributed by atoms with Gasteiger partial charge in [0.2, 0.25) is 0 Å². The molecule has 0 aliphatic heterocycles. The Labute approximate surface area is 81.5 Å². The fourth-order valence-corrected chi connectivity index (χ4v) is 1.05. The van der Waals surface area contributed by atoms with Crippen LogP contribution in [-0.4, -0.2) is 5.78 Å². The van der Waals surface area contributed by atoms with Crippen molar-refractivity contribution in [3.63, 3.8) is 0 Å². The fourth-order valence-electron chi connectivity index (χ4n) is 1.05. The second-order valence-electron chi connectivity index (χ2n) is 3.25. The summed E-state index contributed by atoms with van der Waals surface area (Å²) in [5.41, 5.74) is 0. The summed E-state index contributed by atoms with van der Waals surface area (Å²) in [5.74, 6) is 0.107. The van der Waals surface area contributed by atoms with Crippen molar-refractivity contribution in [2.45, 2.75) is 46.0 Å². The minimum Gasteiger partial charge on any atom is -0.295 e. The molecule has 0 unspecified atom stereocenters. The van der Waals surface area contributed by atoms with Gasteiger partial charge in [-0.05, 0) is 25.8 Å². The van der Waals surface area contributed by atoms with Crippen LogP contribution in [0.1, 0.15) is 46.0 Å². The highest BCUT2D eigenvalue weighted by Crippen LogP contribution is 2.02. The number of unbranched alkanes of at least 4 members (excludes halogenated alkanes) is 4. The Balaban J connectivity index is 3.26. The van der Waals surface area contributed by atoms with Gasteiger partial charge < -0.3 is 0 Å². The normalized spacial score (nSPS) is 11.5. The number of ketones is 1. The molecule has 0 heterocycles. The lowest BCUT2D eigenvalue weighted by Gasteiger charge is -1.92. The van der Waals surface area contributed by atoms with Gasteiger partial charge >= 0.3 is 0 Å². The fraction of sp³-hybridized carbons (Fsp3) is 0.583. The van der Waals surface area contributed by atoms with Crippen LogP contribution < -0.4 is 0 Å². The lowest BCUT2D eigenvalue weighted by molar-refractivity contribution is -0.112. The summed E-state index contributed by atoms with van der Waals surface area (Å²) >= 11 is 0. The number of hydrogen-bond acceptors (Lipinski definition) is 1. The van der Waals surface area contributed by atoms with Crippen molar-refractivity contribution >= 4 is 5.78 Å². The molecular weight excluding hydrogens is 160 g/mol. The first kappa shape index (κ1) is 12.2. The van der Waals surface area contributed by atoms with Crippen molar-refractivity contribution < 1.29 is 4.79 Å². The predicted molar refractivity (Wildman–Crippen MR) is 57.7 cm³/mol. The molecule has 0 saturated carbocycles. The Morgan fingerprint density at radius 1 is 1.15 bits per heavy atom. The molecule has 0 spiro atoms. The summed E-state index contributed by atoms with van der Waals surface area (Å²) in [7, 11) is 0. The highest BCUT2D eigenvalue weighted by molar-refractivity contribution is 5.87. The van der Waals surface area contributed by atoms with E-state index in [-0.39, 0.29) is 5.78 Å². The third kappa shape index (κ3) is 11.1. The van der Waals surface area contributed by atoms with Crippen LogP contribution in [0, 0.1) is 0 Å². The van der Waals surface area contributed by atoms with E-state index in [0.29, 0.717) is 0 Å². The van der Waals surface area contributed by atoms with E-state index in [9.17, 15) is 4.79 Å². The predicted octanol–water partition coefficient (Wildman–Crippen LogP) is 3.66. The van der Waals surface area contributed by atoms with Crippen LogP contribution in [0.15, 0.2) is 24.3 Å². The first-order valence-corrected chi connectivity index (χ1v) is 5.11. The topological polar surface area (TPSA) is 17.1 Å². The molecule has 0 aliphatic carbocycles. The maximum Gasteiger partial charge on any atom is 0.152 e. The van der Waals surface area contributed by atoms with Crippen molar-refractivity contribution in [2.24, 2.45) is 0 Å². The van der Waals surface area contributed by atoms with Gasteiger partial charge in [-0.3, -0.25) is 4.79 Å². The van der Waals surface area contributed by atoms with Gasteiger partial charge in [0, 0.05) is 0 Å². The minimum absolute atomic E-state index is 0.107. The summed E-state index contributed by atoms with van der Waals surface area (Å²) in [6, 6.07) is 0. The lowest BCUT2D eigenvalue weighted by Crippen LogP contribution is -1.77. The molecule has 0 atom stereocenters. The molecule has 0 aromatic heterocycles. The number of allylic oxidation sites excluding steroid dienone is 4. The minimum atomic E-state index is 0.107. The average Bonchev–Trinajstić information content (AvgIpc) is 2.09. The van der Waals surface area contributed by atoms with Crippen molar-refractivity contribution in [3.05, 3.63) is 24.3 Å². The van der Waals surface area contributed by atoms with Gasteiger partial charge in [-0.15, -0.1) is 0 Å². The summed E-state index contributed by atoms with van der Waals surface area (Å²) in [4.78, 5) is 10.5. The van der Waals surface area contributed by atoms with Gasteiger partial charge in [-0.2, -0.15) is 0 Å². The summed E-state index contributed by atoms with van der Waals surface area (Å²) in [6.45, 7) is 3.77. The number of carbonyl (C=O) groups excluding carboxylic acids is 1. The van der Waals surface area contributed by atoms with Crippen molar-refractivity contribution in [3.8, 4) is 0 Å². The standard InChI is InChI=1S/C12H20O/c1-3-4-5-6-7-8-9-10-11-12(2)13/h8-11H,3-7H2,1-2H3. The van der Waals surface area contributed by atoms with Crippen LogP contribution in [0.4, 0.5) is 0 Å². The highest BCUT2D eigenvalue weighted by Gasteiger charge is 1.83. The molecule has 1 heteroatoms. The molecule has 13 heavy (non-hydrogen) atoms. The maximum atomic E-state index is 10.5. The van der Waals surface area contributed by atoms with Crippen LogP contribution in [0.2, 0.25) is 0 Å². The van der Waals surface area contributed by atoms with Gasteiger partial charge in [0.25, 0.3) is 0 Å². The van der Waals surface area contributed by atoms with E-state index in [1.54, 1.807) is 13.0 Å². The first-order valence-electron chi connectivity index (χ1n) is 5.11. The summed E-state index contributed by atoms with van der Waals surface area (Å²) < 4.78 is 0. The third-order valence-electron chi connectivity index (χ3n) is 1.80. The van der Waals surface area contributed by atoms with Crippen molar-refractivity contribution in [1.82, 2.24) is 0 Å². The Kier molecular flexibility index (Phi) is 8.64. The van der Waals surface area contributed by atoms with Crippen LogP contribution >= 0.6 is 0 Å². The van der Waals surface area contributed by atoms with Crippen molar-refractivity contribution in [2.75, 3.05) is 0 Å². The molecule has 0 rings (SSSR count). The second-order valence-corrected chi connectivity index (χ2v) is 3.25. The molecule has 0 bridgehead atoms. The molecule has 0 saturated heterocycles. The Morgan fingerprint density at radius 3 is 2.54 bits per heavy atom. The quantitative estimate of drug-likeness (QED) is 0.332. The van der Waals surface area contributed by atoms with Crippen LogP contribution in [-0.2, 0) is 4.79 Å². The SMILES string of the molecule is CCCCCCC=CC=CC(C)=O. The molecule has 0 N–H and O–H groups in total. The average molecular weight is 180 g/mol. The van der Waals surface area contributed by atoms with E-state index in [1.807, 2.05) is 12.2 Å². The number of rotatable bonds is 7. The van der Waals surface area contributed by atoms with E-state index in [4.69, 9.17) is 0 Å². The maximum absolute atomic E-state index is 10.5. The molecule has 1 nitrogen and oxygen atoms in total. The van der Waals surface area contributed by atoms with Crippen LogP contribution in [0.3, 0.4) is 0 Å². The molecule has 0 radical (unpaired) electrons. The van der Waals surface area contributed by atoms with Gasteiger partial charge in [-0.25, -0.2) is 0 Å². The van der Waals surface area contributed by atoms with E-state index in [2.05, 4.69) is 13.0 Å². The molecule has 0 aromatic carbocycles. The van der Waals surface area contributed by atoms with E-state index < -0.39 is 0 Å². The molecule has 0 aliphatic rings. The van der Waals surface area contributed by atoms with Gasteiger partial charge in [0.1, 0.15) is 0 Å². The second kappa shape index (κ2) is 9.24. The zero-order valence-electron chi connectivity index (χ0n) is 8.75. The summed E-state index contributed by atoms with van der Waals surface area (Å²) in [5, 5.41) is 0. The Hall–Kier alpha value is -0.850. The highest BCUT2D eigenvalue weighted by atomic mass is 16.1. The van der Waals surface area contributed by atoms with E-state index in [1.165, 1.54) is 25.7 Å². The van der Waals surface area contributed by atoms with Gasteiger partial charge in [-0.1, -0.05) is 44.4 Å². The lowest BCUT2D eigenvalue weighted by atomic mass is 10.1. The van der Waals surface area contributed by atoms with Crippen molar-refractivity contribution in [1.29, 1.82) is 0 Å². The Bertz CT molecular complexity index is 178. The number of hydrogen-bond donors (Lipinski definition) is 0. The van der Waals surface area contributed by atoms with E-state index >= 15 is 0 Å². The summed E-state index contributed by atoms with van der Waals surface area (Å²) in [6.07, 6.45) is 13.8. The monoisotopic (exact) mass is 180 g/mol. The third-order valence-corrected chi connectivity index (χ3v) is 1.80. The first-order chi connectivity index (χ1) is 6.27. The van der Waals surface area contributed by atoms with Crippen LogP contribution in [0.5, 0.6) is 0 Å². The molecule has 0 amide bonds. The van der Waals surface area contributed by atoms with Gasteiger partial charge in [0.15, 0.2) is 5.78 Å². The van der Waals surface area contributed by atoms with Crippen LogP contribution in [0.25, 0.3) is 0 Å². The van der Waals surface area contributed by atoms with Gasteiger partial charge in [0.05, 0.1) is 0 Å². The largest absolute Gasteiger partial charge is 0.295 e. The molecule has 74 valence electrons. The zero-order chi connectivity index (χ0) is 9.94. The van der Waals surface area contributed by atoms with E-state index in [0.717, 1.165) is 6.42 Å². The molecule has 0 fully saturated rings. The zero-order valence-corrected chi connectivity index (χ0v) is 8.75. The number of carbonyl (C=O) groups is 1. The molecule has 0 aromatic rings. The Morgan fingerprint density at radius 2 is 1.92 bits per heavy atom. The molecular formula is C12H20O.